The number of ether oxygens (including phenoxy) is 2. The molecule has 0 aliphatic heterocycles. The number of nitrogens with one attached hydrogen (secondary N) is 1. The third kappa shape index (κ3) is 4.51. The molecule has 0 bridgehead atoms. The molecule has 0 saturated heterocycles. The van der Waals surface area contributed by atoms with Crippen LogP contribution >= 0.6 is 11.3 Å². The SMILES string of the molecule is CCOc1ccc(/C=N\Nc2nc(-c3c(C)cc(C)cc3C)cs2)cc1OC. The van der Waals surface area contributed by atoms with Crippen molar-refractivity contribution in [3.05, 3.63) is 58.0 Å². The van der Waals surface area contributed by atoms with Gasteiger partial charge in [0.05, 0.1) is 25.6 Å². The Bertz CT molecular complexity index is 972. The highest BCUT2D eigenvalue weighted by Gasteiger charge is 2.10. The van der Waals surface area contributed by atoms with E-state index >= 15 is 0 Å². The van der Waals surface area contributed by atoms with Gasteiger partial charge in [-0.05, 0) is 62.6 Å². The summed E-state index contributed by atoms with van der Waals surface area (Å²) in [4.78, 5) is 4.68. The maximum Gasteiger partial charge on any atom is 0.203 e. The van der Waals surface area contributed by atoms with E-state index in [1.54, 1.807) is 13.3 Å². The third-order valence-corrected chi connectivity index (χ3v) is 5.05. The normalized spacial score (nSPS) is 11.0. The molecule has 5 nitrogen and oxygen atoms in total. The predicted molar refractivity (Wildman–Crippen MR) is 117 cm³/mol. The molecule has 28 heavy (non-hydrogen) atoms. The standard InChI is InChI=1S/C22H25N3O2S/c1-6-27-19-8-7-17(11-20(19)26-5)12-23-25-22-24-18(13-28-22)21-15(3)9-14(2)10-16(21)4/h7-13H,6H2,1-5H3,(H,24,25)/b23-12-. The summed E-state index contributed by atoms with van der Waals surface area (Å²) >= 11 is 1.54. The lowest BCUT2D eigenvalue weighted by Gasteiger charge is -2.09. The van der Waals surface area contributed by atoms with Gasteiger partial charge in [-0.25, -0.2) is 4.98 Å². The molecule has 0 unspecified atom stereocenters. The molecule has 3 rings (SSSR count). The van der Waals surface area contributed by atoms with Crippen molar-refractivity contribution in [1.82, 2.24) is 4.98 Å². The van der Waals surface area contributed by atoms with Crippen LogP contribution in [0.4, 0.5) is 5.13 Å². The molecule has 3 aromatic rings. The quantitative estimate of drug-likeness (QED) is 0.419. The first-order valence-corrected chi connectivity index (χ1v) is 10.0. The van der Waals surface area contributed by atoms with Crippen LogP contribution in [0.2, 0.25) is 0 Å². The maximum atomic E-state index is 5.53. The van der Waals surface area contributed by atoms with Crippen molar-refractivity contribution in [3.63, 3.8) is 0 Å². The molecule has 0 radical (unpaired) electrons. The van der Waals surface area contributed by atoms with Crippen LogP contribution in [0.5, 0.6) is 11.5 Å². The summed E-state index contributed by atoms with van der Waals surface area (Å²) in [6, 6.07) is 10.1. The monoisotopic (exact) mass is 395 g/mol. The summed E-state index contributed by atoms with van der Waals surface area (Å²) in [6.45, 7) is 8.90. The number of rotatable bonds is 7. The van der Waals surface area contributed by atoms with Gasteiger partial charge in [0.25, 0.3) is 0 Å². The molecular formula is C22H25N3O2S. The fourth-order valence-electron chi connectivity index (χ4n) is 3.23. The van der Waals surface area contributed by atoms with E-state index in [2.05, 4.69) is 53.8 Å². The van der Waals surface area contributed by atoms with E-state index in [9.17, 15) is 0 Å². The molecule has 0 aliphatic rings. The lowest BCUT2D eigenvalue weighted by atomic mass is 9.98. The van der Waals surface area contributed by atoms with E-state index in [1.165, 1.54) is 33.6 Å². The number of hydrogen-bond donors (Lipinski definition) is 1. The summed E-state index contributed by atoms with van der Waals surface area (Å²) in [5, 5.41) is 7.12. The van der Waals surface area contributed by atoms with Gasteiger partial charge < -0.3 is 9.47 Å². The summed E-state index contributed by atoms with van der Waals surface area (Å²) in [5.74, 6) is 1.41. The summed E-state index contributed by atoms with van der Waals surface area (Å²) in [7, 11) is 1.63. The van der Waals surface area contributed by atoms with E-state index in [4.69, 9.17) is 9.47 Å². The van der Waals surface area contributed by atoms with Crippen LogP contribution in [0, 0.1) is 20.8 Å². The molecule has 0 fully saturated rings. The second-order valence-electron chi connectivity index (χ2n) is 6.52. The Balaban J connectivity index is 1.73. The lowest BCUT2D eigenvalue weighted by Crippen LogP contribution is -1.97. The van der Waals surface area contributed by atoms with Gasteiger partial charge in [0.15, 0.2) is 11.5 Å². The number of methoxy groups -OCH3 is 1. The minimum Gasteiger partial charge on any atom is -0.493 e. The smallest absolute Gasteiger partial charge is 0.203 e. The number of benzene rings is 2. The molecule has 2 aromatic carbocycles. The molecule has 1 heterocycles. The molecule has 0 aliphatic carbocycles. The van der Waals surface area contributed by atoms with E-state index in [1.807, 2.05) is 25.1 Å². The van der Waals surface area contributed by atoms with E-state index < -0.39 is 0 Å². The second-order valence-corrected chi connectivity index (χ2v) is 7.38. The number of aromatic nitrogens is 1. The molecule has 6 heteroatoms. The zero-order valence-electron chi connectivity index (χ0n) is 16.9. The molecule has 146 valence electrons. The predicted octanol–water partition coefficient (Wildman–Crippen LogP) is 5.59. The van der Waals surface area contributed by atoms with E-state index in [0.29, 0.717) is 12.4 Å². The Hall–Kier alpha value is -2.86. The van der Waals surface area contributed by atoms with Crippen molar-refractivity contribution in [1.29, 1.82) is 0 Å². The highest BCUT2D eigenvalue weighted by Crippen LogP contribution is 2.31. The van der Waals surface area contributed by atoms with Gasteiger partial charge in [-0.3, -0.25) is 5.43 Å². The Morgan fingerprint density at radius 1 is 1.11 bits per heavy atom. The number of aryl methyl sites for hydroxylation is 3. The average molecular weight is 396 g/mol. The second kappa shape index (κ2) is 8.89. The Morgan fingerprint density at radius 2 is 1.86 bits per heavy atom. The molecule has 1 N–H and O–H groups in total. The van der Waals surface area contributed by atoms with Gasteiger partial charge in [0.2, 0.25) is 5.13 Å². The number of thiazole rings is 1. The highest BCUT2D eigenvalue weighted by molar-refractivity contribution is 7.14. The maximum absolute atomic E-state index is 5.53. The van der Waals surface area contributed by atoms with Crippen LogP contribution in [0.25, 0.3) is 11.3 Å². The topological polar surface area (TPSA) is 55.7 Å². The number of nitrogens with zero attached hydrogens (tertiary/aromatic N) is 2. The van der Waals surface area contributed by atoms with Gasteiger partial charge in [0, 0.05) is 10.9 Å². The Morgan fingerprint density at radius 3 is 2.54 bits per heavy atom. The van der Waals surface area contributed by atoms with E-state index in [-0.39, 0.29) is 0 Å². The van der Waals surface area contributed by atoms with Gasteiger partial charge >= 0.3 is 0 Å². The number of anilines is 1. The van der Waals surface area contributed by atoms with Gasteiger partial charge in [-0.15, -0.1) is 11.3 Å². The number of hydrogen-bond acceptors (Lipinski definition) is 6. The summed E-state index contributed by atoms with van der Waals surface area (Å²) < 4.78 is 10.9. The fourth-order valence-corrected chi connectivity index (χ4v) is 3.88. The van der Waals surface area contributed by atoms with Crippen LogP contribution in [0.1, 0.15) is 29.2 Å². The van der Waals surface area contributed by atoms with Crippen LogP contribution in [0.15, 0.2) is 40.8 Å². The van der Waals surface area contributed by atoms with Crippen LogP contribution in [0.3, 0.4) is 0 Å². The lowest BCUT2D eigenvalue weighted by molar-refractivity contribution is 0.311. The van der Waals surface area contributed by atoms with Crippen molar-refractivity contribution < 1.29 is 9.47 Å². The molecular weight excluding hydrogens is 370 g/mol. The molecule has 1 aromatic heterocycles. The first-order chi connectivity index (χ1) is 13.5. The minimum atomic E-state index is 0.595. The first kappa shape index (κ1) is 19.9. The third-order valence-electron chi connectivity index (χ3n) is 4.30. The van der Waals surface area contributed by atoms with Gasteiger partial charge in [0.1, 0.15) is 0 Å². The van der Waals surface area contributed by atoms with Crippen LogP contribution in [-0.4, -0.2) is 24.9 Å². The van der Waals surface area contributed by atoms with E-state index in [0.717, 1.165) is 22.1 Å². The summed E-state index contributed by atoms with van der Waals surface area (Å²) in [6.07, 6.45) is 1.74. The van der Waals surface area contributed by atoms with Crippen LogP contribution in [-0.2, 0) is 0 Å². The number of hydrazone groups is 1. The zero-order valence-corrected chi connectivity index (χ0v) is 17.7. The Labute approximate surface area is 170 Å². The highest BCUT2D eigenvalue weighted by atomic mass is 32.1. The van der Waals surface area contributed by atoms with Crippen molar-refractivity contribution >= 4 is 22.7 Å². The fraction of sp³-hybridized carbons (Fsp3) is 0.273. The Kier molecular flexibility index (Phi) is 6.31. The minimum absolute atomic E-state index is 0.595. The van der Waals surface area contributed by atoms with Gasteiger partial charge in [-0.2, -0.15) is 5.10 Å². The first-order valence-electron chi connectivity index (χ1n) is 9.15. The van der Waals surface area contributed by atoms with Gasteiger partial charge in [-0.1, -0.05) is 17.7 Å². The largest absolute Gasteiger partial charge is 0.493 e. The molecule has 0 spiro atoms. The van der Waals surface area contributed by atoms with Crippen LogP contribution < -0.4 is 14.9 Å². The zero-order chi connectivity index (χ0) is 20.1. The molecule has 0 atom stereocenters. The van der Waals surface area contributed by atoms with Crippen molar-refractivity contribution in [2.24, 2.45) is 5.10 Å². The summed E-state index contributed by atoms with van der Waals surface area (Å²) in [5.41, 5.74) is 9.83. The average Bonchev–Trinajstić information content (AvgIpc) is 3.10. The van der Waals surface area contributed by atoms with Crippen molar-refractivity contribution in [3.8, 4) is 22.8 Å². The van der Waals surface area contributed by atoms with Crippen molar-refractivity contribution in [2.45, 2.75) is 27.7 Å². The molecule has 0 saturated carbocycles. The molecule has 0 amide bonds. The van der Waals surface area contributed by atoms with Crippen molar-refractivity contribution in [2.75, 3.05) is 19.1 Å².